The molecule has 1 aromatic carbocycles. The zero-order chi connectivity index (χ0) is 11.9. The van der Waals surface area contributed by atoms with Crippen molar-refractivity contribution in [2.45, 2.75) is 33.3 Å². The van der Waals surface area contributed by atoms with Crippen molar-refractivity contribution < 1.29 is 13.9 Å². The number of halogens is 1. The summed E-state index contributed by atoms with van der Waals surface area (Å²) in [4.78, 5) is 11.9. The molecule has 1 aromatic rings. The highest BCUT2D eigenvalue weighted by atomic mass is 19.1. The summed E-state index contributed by atoms with van der Waals surface area (Å²) in [7, 11) is 0. The molecule has 0 fully saturated rings. The maximum absolute atomic E-state index is 13.1. The smallest absolute Gasteiger partial charge is 0.170 e. The molecule has 3 heteroatoms. The number of carbonyl (C=O) groups excluding carboxylic acids is 1. The molecule has 0 saturated carbocycles. The van der Waals surface area contributed by atoms with E-state index >= 15 is 0 Å². The molecule has 16 heavy (non-hydrogen) atoms. The summed E-state index contributed by atoms with van der Waals surface area (Å²) in [5.74, 6) is 0.0264. The molecule has 0 spiro atoms. The highest BCUT2D eigenvalue weighted by molar-refractivity contribution is 5.99. The number of rotatable bonds is 0. The van der Waals surface area contributed by atoms with Gasteiger partial charge in [-0.25, -0.2) is 4.39 Å². The van der Waals surface area contributed by atoms with Crippen LogP contribution in [-0.2, 0) is 0 Å². The van der Waals surface area contributed by atoms with E-state index in [4.69, 9.17) is 4.74 Å². The van der Waals surface area contributed by atoms with Crippen LogP contribution in [0.3, 0.4) is 0 Å². The van der Waals surface area contributed by atoms with Crippen LogP contribution in [0, 0.1) is 11.2 Å². The lowest BCUT2D eigenvalue weighted by atomic mass is 9.83. The Morgan fingerprint density at radius 1 is 1.38 bits per heavy atom. The Hall–Kier alpha value is -1.38. The second kappa shape index (κ2) is 3.58. The normalized spacial score (nSPS) is 20.2. The molecule has 0 N–H and O–H groups in total. The lowest BCUT2D eigenvalue weighted by Gasteiger charge is -2.34. The van der Waals surface area contributed by atoms with Crippen molar-refractivity contribution >= 4 is 5.78 Å². The average Bonchev–Trinajstić information content (AvgIpc) is 2.15. The fraction of sp³-hybridized carbons (Fsp3) is 0.462. The van der Waals surface area contributed by atoms with Gasteiger partial charge in [0.1, 0.15) is 17.7 Å². The van der Waals surface area contributed by atoms with Crippen molar-refractivity contribution in [1.82, 2.24) is 0 Å². The van der Waals surface area contributed by atoms with E-state index in [1.54, 1.807) is 0 Å². The molecule has 1 aliphatic heterocycles. The number of ether oxygens (including phenoxy) is 1. The van der Waals surface area contributed by atoms with Crippen LogP contribution in [0.2, 0.25) is 0 Å². The number of benzene rings is 1. The highest BCUT2D eigenvalue weighted by Crippen LogP contribution is 2.35. The van der Waals surface area contributed by atoms with Crippen LogP contribution in [0.5, 0.6) is 5.75 Å². The number of carbonyl (C=O) groups is 1. The minimum Gasteiger partial charge on any atom is -0.489 e. The van der Waals surface area contributed by atoms with E-state index in [-0.39, 0.29) is 23.1 Å². The van der Waals surface area contributed by atoms with Crippen LogP contribution in [0.4, 0.5) is 4.39 Å². The molecule has 0 bridgehead atoms. The lowest BCUT2D eigenvalue weighted by Crippen LogP contribution is -2.37. The first-order valence-corrected chi connectivity index (χ1v) is 5.37. The van der Waals surface area contributed by atoms with Crippen molar-refractivity contribution in [3.05, 3.63) is 29.6 Å². The minimum absolute atomic E-state index is 0.0289. The van der Waals surface area contributed by atoms with E-state index in [0.29, 0.717) is 17.7 Å². The van der Waals surface area contributed by atoms with Gasteiger partial charge in [0, 0.05) is 12.5 Å². The fourth-order valence-corrected chi connectivity index (χ4v) is 1.78. The summed E-state index contributed by atoms with van der Waals surface area (Å²) in [6.07, 6.45) is 0.177. The van der Waals surface area contributed by atoms with Gasteiger partial charge >= 0.3 is 0 Å². The second-order valence-electron chi connectivity index (χ2n) is 5.24. The Kier molecular flexibility index (Phi) is 2.49. The zero-order valence-corrected chi connectivity index (χ0v) is 9.71. The van der Waals surface area contributed by atoms with Crippen molar-refractivity contribution in [3.63, 3.8) is 0 Å². The number of hydrogen-bond acceptors (Lipinski definition) is 2. The summed E-state index contributed by atoms with van der Waals surface area (Å²) >= 11 is 0. The summed E-state index contributed by atoms with van der Waals surface area (Å²) in [6, 6.07) is 4.06. The Morgan fingerprint density at radius 2 is 2.06 bits per heavy atom. The first-order valence-electron chi connectivity index (χ1n) is 5.37. The Labute approximate surface area is 94.4 Å². The molecule has 86 valence electrons. The fourth-order valence-electron chi connectivity index (χ4n) is 1.78. The van der Waals surface area contributed by atoms with Crippen LogP contribution < -0.4 is 4.74 Å². The van der Waals surface area contributed by atoms with Gasteiger partial charge in [-0.15, -0.1) is 0 Å². The molecule has 0 amide bonds. The predicted molar refractivity (Wildman–Crippen MR) is 59.2 cm³/mol. The molecule has 0 aliphatic carbocycles. The Balaban J connectivity index is 2.39. The number of hydrogen-bond donors (Lipinski definition) is 0. The van der Waals surface area contributed by atoms with E-state index in [0.717, 1.165) is 0 Å². The molecule has 2 nitrogen and oxygen atoms in total. The van der Waals surface area contributed by atoms with Crippen LogP contribution in [0.25, 0.3) is 0 Å². The SMILES string of the molecule is CC(C)(C)C1CC(=O)c2ccc(F)cc2O1. The monoisotopic (exact) mass is 222 g/mol. The van der Waals surface area contributed by atoms with Crippen LogP contribution in [0.15, 0.2) is 18.2 Å². The number of fused-ring (bicyclic) bond motifs is 1. The molecule has 2 rings (SSSR count). The lowest BCUT2D eigenvalue weighted by molar-refractivity contribution is 0.0542. The van der Waals surface area contributed by atoms with Gasteiger partial charge in [-0.1, -0.05) is 20.8 Å². The number of ketones is 1. The molecule has 1 atom stereocenters. The van der Waals surface area contributed by atoms with Crippen LogP contribution >= 0.6 is 0 Å². The molecular formula is C13H15FO2. The number of Topliss-reactive ketones (excluding diaryl/α,β-unsaturated/α-hetero) is 1. The third kappa shape index (κ3) is 1.94. The van der Waals surface area contributed by atoms with Gasteiger partial charge in [-0.3, -0.25) is 4.79 Å². The summed E-state index contributed by atoms with van der Waals surface area (Å²) in [5, 5.41) is 0. The Bertz CT molecular complexity index is 432. The van der Waals surface area contributed by atoms with Crippen molar-refractivity contribution in [1.29, 1.82) is 0 Å². The van der Waals surface area contributed by atoms with E-state index in [2.05, 4.69) is 0 Å². The highest BCUT2D eigenvalue weighted by Gasteiger charge is 2.34. The van der Waals surface area contributed by atoms with Crippen molar-refractivity contribution in [3.8, 4) is 5.75 Å². The molecule has 0 radical (unpaired) electrons. The minimum atomic E-state index is -0.374. The van der Waals surface area contributed by atoms with E-state index in [9.17, 15) is 9.18 Å². The quantitative estimate of drug-likeness (QED) is 0.673. The molecule has 0 aromatic heterocycles. The first kappa shape index (κ1) is 11.1. The van der Waals surface area contributed by atoms with Gasteiger partial charge in [-0.05, 0) is 17.5 Å². The topological polar surface area (TPSA) is 26.3 Å². The van der Waals surface area contributed by atoms with Crippen molar-refractivity contribution in [2.75, 3.05) is 0 Å². The Morgan fingerprint density at radius 3 is 2.69 bits per heavy atom. The van der Waals surface area contributed by atoms with Gasteiger partial charge < -0.3 is 4.74 Å². The molecule has 1 unspecified atom stereocenters. The van der Waals surface area contributed by atoms with E-state index < -0.39 is 0 Å². The van der Waals surface area contributed by atoms with E-state index in [1.807, 2.05) is 20.8 Å². The van der Waals surface area contributed by atoms with Gasteiger partial charge in [0.05, 0.1) is 5.56 Å². The van der Waals surface area contributed by atoms with Crippen LogP contribution in [0.1, 0.15) is 37.6 Å². The standard InChI is InChI=1S/C13H15FO2/c1-13(2,3)12-7-10(15)9-5-4-8(14)6-11(9)16-12/h4-6,12H,7H2,1-3H3. The van der Waals surface area contributed by atoms with Gasteiger partial charge in [0.2, 0.25) is 0 Å². The van der Waals surface area contributed by atoms with Gasteiger partial charge in [0.25, 0.3) is 0 Å². The molecular weight excluding hydrogens is 207 g/mol. The summed E-state index contributed by atoms with van der Waals surface area (Å²) < 4.78 is 18.7. The van der Waals surface area contributed by atoms with Crippen molar-refractivity contribution in [2.24, 2.45) is 5.41 Å². The maximum atomic E-state index is 13.1. The van der Waals surface area contributed by atoms with Crippen LogP contribution in [-0.4, -0.2) is 11.9 Å². The summed E-state index contributed by atoms with van der Waals surface area (Å²) in [5.41, 5.74) is 0.363. The predicted octanol–water partition coefficient (Wildman–Crippen LogP) is 3.21. The molecule has 1 aliphatic rings. The molecule has 0 saturated heterocycles. The summed E-state index contributed by atoms with van der Waals surface area (Å²) in [6.45, 7) is 6.03. The largest absolute Gasteiger partial charge is 0.489 e. The van der Waals surface area contributed by atoms with Gasteiger partial charge in [-0.2, -0.15) is 0 Å². The van der Waals surface area contributed by atoms with E-state index in [1.165, 1.54) is 18.2 Å². The zero-order valence-electron chi connectivity index (χ0n) is 9.71. The average molecular weight is 222 g/mol. The molecule has 1 heterocycles. The third-order valence-corrected chi connectivity index (χ3v) is 2.85. The first-order chi connectivity index (χ1) is 7.38. The van der Waals surface area contributed by atoms with Gasteiger partial charge in [0.15, 0.2) is 5.78 Å². The maximum Gasteiger partial charge on any atom is 0.170 e. The second-order valence-corrected chi connectivity index (χ2v) is 5.24. The third-order valence-electron chi connectivity index (χ3n) is 2.85.